The molecule has 10 aromatic carbocycles. The van der Waals surface area contributed by atoms with Crippen LogP contribution < -0.4 is 4.90 Å². The first-order valence-electron chi connectivity index (χ1n) is 18.2. The van der Waals surface area contributed by atoms with Crippen molar-refractivity contribution in [3.63, 3.8) is 0 Å². The molecule has 1 heteroatoms. The van der Waals surface area contributed by atoms with Crippen LogP contribution in [0.25, 0.3) is 76.5 Å². The van der Waals surface area contributed by atoms with E-state index < -0.39 is 0 Å². The van der Waals surface area contributed by atoms with Gasteiger partial charge in [-0.25, -0.2) is 0 Å². The smallest absolute Gasteiger partial charge is 0.0467 e. The van der Waals surface area contributed by atoms with Crippen molar-refractivity contribution in [2.75, 3.05) is 4.90 Å². The van der Waals surface area contributed by atoms with Gasteiger partial charge in [0.25, 0.3) is 0 Å². The number of fused-ring (bicyclic) bond motifs is 6. The zero-order chi connectivity index (χ0) is 35.1. The number of hydrogen-bond donors (Lipinski definition) is 0. The van der Waals surface area contributed by atoms with E-state index in [2.05, 4.69) is 217 Å². The van der Waals surface area contributed by atoms with Crippen molar-refractivity contribution in [2.45, 2.75) is 0 Å². The average Bonchev–Trinajstić information content (AvgIpc) is 3.24. The van der Waals surface area contributed by atoms with Gasteiger partial charge in [0.05, 0.1) is 0 Å². The van der Waals surface area contributed by atoms with Gasteiger partial charge in [-0.2, -0.15) is 0 Å². The molecule has 1 nitrogen and oxygen atoms in total. The summed E-state index contributed by atoms with van der Waals surface area (Å²) in [6, 6.07) is 77.3. The van der Waals surface area contributed by atoms with Crippen LogP contribution in [0.2, 0.25) is 0 Å². The number of rotatable bonds is 6. The molecule has 0 atom stereocenters. The molecule has 0 aromatic heterocycles. The molecule has 0 heterocycles. The van der Waals surface area contributed by atoms with Gasteiger partial charge < -0.3 is 4.90 Å². The normalized spacial score (nSPS) is 11.4. The largest absolute Gasteiger partial charge is 0.310 e. The predicted molar refractivity (Wildman–Crippen MR) is 227 cm³/mol. The van der Waals surface area contributed by atoms with Gasteiger partial charge in [-0.05, 0) is 125 Å². The topological polar surface area (TPSA) is 3.24 Å². The fraction of sp³-hybridized carbons (Fsp3) is 0. The lowest BCUT2D eigenvalue weighted by Gasteiger charge is -2.27. The Morgan fingerprint density at radius 2 is 0.698 bits per heavy atom. The van der Waals surface area contributed by atoms with Crippen LogP contribution in [-0.2, 0) is 0 Å². The Morgan fingerprint density at radius 1 is 0.226 bits per heavy atom. The van der Waals surface area contributed by atoms with E-state index in [1.807, 2.05) is 0 Å². The SMILES string of the molecule is c1ccc(-c2ccc(N(c3cccc(-c4ccc5ccccc5c4)c3)c3cccc(-c4ccc5c(ccc6ccc7ccccc7c65)c4)c3)cc2)cc1. The van der Waals surface area contributed by atoms with Crippen molar-refractivity contribution in [1.29, 1.82) is 0 Å². The number of anilines is 3. The highest BCUT2D eigenvalue weighted by Gasteiger charge is 2.16. The Morgan fingerprint density at radius 3 is 1.43 bits per heavy atom. The Bertz CT molecular complexity index is 2940. The highest BCUT2D eigenvalue weighted by atomic mass is 15.1. The molecule has 0 radical (unpaired) electrons. The maximum Gasteiger partial charge on any atom is 0.0467 e. The van der Waals surface area contributed by atoms with Crippen LogP contribution in [0.1, 0.15) is 0 Å². The van der Waals surface area contributed by atoms with Crippen molar-refractivity contribution < 1.29 is 0 Å². The van der Waals surface area contributed by atoms with E-state index in [-0.39, 0.29) is 0 Å². The molecule has 248 valence electrons. The van der Waals surface area contributed by atoms with Gasteiger partial charge in [0.2, 0.25) is 0 Å². The van der Waals surface area contributed by atoms with Gasteiger partial charge in [0.15, 0.2) is 0 Å². The monoisotopic (exact) mass is 673 g/mol. The molecule has 10 rings (SSSR count). The summed E-state index contributed by atoms with van der Waals surface area (Å²) in [5.41, 5.74) is 10.5. The first-order chi connectivity index (χ1) is 26.2. The highest BCUT2D eigenvalue weighted by Crippen LogP contribution is 2.40. The van der Waals surface area contributed by atoms with E-state index in [4.69, 9.17) is 0 Å². The number of nitrogens with zero attached hydrogens (tertiary/aromatic N) is 1. The zero-order valence-electron chi connectivity index (χ0n) is 29.2. The molecular formula is C52H35N. The average molecular weight is 674 g/mol. The minimum absolute atomic E-state index is 1.11. The molecule has 0 fully saturated rings. The van der Waals surface area contributed by atoms with Crippen LogP contribution >= 0.6 is 0 Å². The van der Waals surface area contributed by atoms with E-state index in [0.29, 0.717) is 0 Å². The lowest BCUT2D eigenvalue weighted by Crippen LogP contribution is -2.10. The molecule has 0 amide bonds. The Balaban J connectivity index is 1.09. The van der Waals surface area contributed by atoms with E-state index in [0.717, 1.165) is 17.1 Å². The first kappa shape index (κ1) is 30.8. The van der Waals surface area contributed by atoms with Crippen molar-refractivity contribution in [2.24, 2.45) is 0 Å². The summed E-state index contributed by atoms with van der Waals surface area (Å²) >= 11 is 0. The van der Waals surface area contributed by atoms with Crippen LogP contribution in [-0.4, -0.2) is 0 Å². The molecule has 0 N–H and O–H groups in total. The lowest BCUT2D eigenvalue weighted by molar-refractivity contribution is 1.28. The Labute approximate surface area is 309 Å². The van der Waals surface area contributed by atoms with Crippen LogP contribution in [0.3, 0.4) is 0 Å². The molecule has 0 unspecified atom stereocenters. The number of benzene rings is 10. The number of hydrogen-bond acceptors (Lipinski definition) is 1. The van der Waals surface area contributed by atoms with Crippen molar-refractivity contribution >= 4 is 60.2 Å². The molecule has 0 saturated carbocycles. The van der Waals surface area contributed by atoms with Gasteiger partial charge >= 0.3 is 0 Å². The van der Waals surface area contributed by atoms with Crippen LogP contribution in [0, 0.1) is 0 Å². The second kappa shape index (κ2) is 13.0. The van der Waals surface area contributed by atoms with E-state index in [1.54, 1.807) is 0 Å². The third-order valence-electron chi connectivity index (χ3n) is 10.6. The molecule has 0 bridgehead atoms. The molecule has 0 aliphatic rings. The molecule has 0 aliphatic heterocycles. The molecule has 0 aliphatic carbocycles. The summed E-state index contributed by atoms with van der Waals surface area (Å²) in [6.07, 6.45) is 0. The lowest BCUT2D eigenvalue weighted by atomic mass is 9.94. The summed E-state index contributed by atoms with van der Waals surface area (Å²) in [5, 5.41) is 10.2. The zero-order valence-corrected chi connectivity index (χ0v) is 29.2. The summed E-state index contributed by atoms with van der Waals surface area (Å²) < 4.78 is 0. The Hall–Kier alpha value is -6.96. The van der Waals surface area contributed by atoms with Crippen molar-refractivity contribution in [3.05, 3.63) is 212 Å². The van der Waals surface area contributed by atoms with Crippen molar-refractivity contribution in [3.8, 4) is 33.4 Å². The quantitative estimate of drug-likeness (QED) is 0.159. The standard InChI is InChI=1S/C52H35N/c1-2-10-36(11-3-1)38-26-29-47(30-27-38)53(48-17-8-15-42(34-48)44-24-20-37-12-4-5-14-41(37)32-44)49-18-9-16-43(35-49)45-28-31-51-46(33-45)25-23-40-22-21-39-13-6-7-19-50(39)52(40)51/h1-35H. The molecular weight excluding hydrogens is 639 g/mol. The third kappa shape index (κ3) is 5.69. The second-order valence-corrected chi connectivity index (χ2v) is 13.8. The van der Waals surface area contributed by atoms with Gasteiger partial charge in [0.1, 0.15) is 0 Å². The minimum atomic E-state index is 1.11. The maximum atomic E-state index is 2.38. The van der Waals surface area contributed by atoms with E-state index in [9.17, 15) is 0 Å². The minimum Gasteiger partial charge on any atom is -0.310 e. The summed E-state index contributed by atoms with van der Waals surface area (Å²) in [6.45, 7) is 0. The molecule has 10 aromatic rings. The predicted octanol–water partition coefficient (Wildman–Crippen LogP) is 14.8. The van der Waals surface area contributed by atoms with Crippen molar-refractivity contribution in [1.82, 2.24) is 0 Å². The van der Waals surface area contributed by atoms with Crippen LogP contribution in [0.5, 0.6) is 0 Å². The van der Waals surface area contributed by atoms with E-state index >= 15 is 0 Å². The third-order valence-corrected chi connectivity index (χ3v) is 10.6. The van der Waals surface area contributed by atoms with Crippen LogP contribution in [0.4, 0.5) is 17.1 Å². The fourth-order valence-corrected chi connectivity index (χ4v) is 7.91. The first-order valence-corrected chi connectivity index (χ1v) is 18.2. The highest BCUT2D eigenvalue weighted by molar-refractivity contribution is 6.20. The summed E-state index contributed by atoms with van der Waals surface area (Å²) in [4.78, 5) is 2.38. The molecule has 0 saturated heterocycles. The second-order valence-electron chi connectivity index (χ2n) is 13.8. The Kier molecular flexibility index (Phi) is 7.55. The maximum absolute atomic E-state index is 2.38. The van der Waals surface area contributed by atoms with Gasteiger partial charge in [-0.1, -0.05) is 164 Å². The summed E-state index contributed by atoms with van der Waals surface area (Å²) in [7, 11) is 0. The van der Waals surface area contributed by atoms with Gasteiger partial charge in [0, 0.05) is 17.1 Å². The fourth-order valence-electron chi connectivity index (χ4n) is 7.91. The van der Waals surface area contributed by atoms with Crippen LogP contribution in [0.15, 0.2) is 212 Å². The van der Waals surface area contributed by atoms with Gasteiger partial charge in [-0.3, -0.25) is 0 Å². The molecule has 0 spiro atoms. The molecule has 53 heavy (non-hydrogen) atoms. The van der Waals surface area contributed by atoms with E-state index in [1.165, 1.54) is 76.5 Å². The summed E-state index contributed by atoms with van der Waals surface area (Å²) in [5.74, 6) is 0. The van der Waals surface area contributed by atoms with Gasteiger partial charge in [-0.15, -0.1) is 0 Å².